The van der Waals surface area contributed by atoms with Gasteiger partial charge in [0.25, 0.3) is 0 Å². The van der Waals surface area contributed by atoms with E-state index in [0.717, 1.165) is 37.7 Å². The Bertz CT molecular complexity index is 571. The molecule has 6 heteroatoms. The van der Waals surface area contributed by atoms with Crippen molar-refractivity contribution in [2.24, 2.45) is 5.92 Å². The molecule has 0 heterocycles. The Morgan fingerprint density at radius 3 is 2.56 bits per heavy atom. The van der Waals surface area contributed by atoms with Crippen molar-refractivity contribution in [2.45, 2.75) is 58.5 Å². The lowest BCUT2D eigenvalue weighted by molar-refractivity contribution is -0.142. The number of halogens is 1. The highest BCUT2D eigenvalue weighted by Crippen LogP contribution is 2.37. The molecular formula is C19H28ClNO4. The smallest absolute Gasteiger partial charge is 0.306 e. The van der Waals surface area contributed by atoms with Crippen molar-refractivity contribution < 1.29 is 19.4 Å². The molecule has 1 fully saturated rings. The molecule has 5 nitrogen and oxygen atoms in total. The highest BCUT2D eigenvalue weighted by Gasteiger charge is 2.25. The summed E-state index contributed by atoms with van der Waals surface area (Å²) in [5.41, 5.74) is 1.04. The van der Waals surface area contributed by atoms with Crippen LogP contribution in [0.4, 0.5) is 0 Å². The first kappa shape index (κ1) is 19.9. The van der Waals surface area contributed by atoms with Gasteiger partial charge in [0, 0.05) is 12.6 Å². The van der Waals surface area contributed by atoms with Gasteiger partial charge in [-0.25, -0.2) is 0 Å². The van der Waals surface area contributed by atoms with E-state index in [0.29, 0.717) is 42.3 Å². The zero-order valence-corrected chi connectivity index (χ0v) is 15.8. The molecule has 1 aliphatic rings. The second kappa shape index (κ2) is 9.88. The minimum atomic E-state index is -0.672. The van der Waals surface area contributed by atoms with Gasteiger partial charge in [0.1, 0.15) is 0 Å². The van der Waals surface area contributed by atoms with E-state index in [-0.39, 0.29) is 5.92 Å². The van der Waals surface area contributed by atoms with Gasteiger partial charge in [0.05, 0.1) is 24.2 Å². The topological polar surface area (TPSA) is 67.8 Å². The second-order valence-corrected chi connectivity index (χ2v) is 6.86. The Labute approximate surface area is 154 Å². The lowest BCUT2D eigenvalue weighted by Gasteiger charge is -2.27. The van der Waals surface area contributed by atoms with E-state index >= 15 is 0 Å². The summed E-state index contributed by atoms with van der Waals surface area (Å²) < 4.78 is 11.4. The Hall–Kier alpha value is -1.46. The summed E-state index contributed by atoms with van der Waals surface area (Å²) in [6.07, 6.45) is 4.16. The Kier molecular flexibility index (Phi) is 7.85. The first-order chi connectivity index (χ1) is 12.0. The Balaban J connectivity index is 1.96. The molecule has 25 heavy (non-hydrogen) atoms. The van der Waals surface area contributed by atoms with Crippen LogP contribution in [0.15, 0.2) is 12.1 Å². The minimum Gasteiger partial charge on any atom is -0.490 e. The Morgan fingerprint density at radius 1 is 1.24 bits per heavy atom. The molecule has 1 aliphatic carbocycles. The molecule has 0 spiro atoms. The van der Waals surface area contributed by atoms with Crippen LogP contribution < -0.4 is 14.8 Å². The van der Waals surface area contributed by atoms with E-state index in [1.54, 1.807) is 0 Å². The van der Waals surface area contributed by atoms with E-state index in [1.165, 1.54) is 0 Å². The summed E-state index contributed by atoms with van der Waals surface area (Å²) in [6.45, 7) is 5.81. The molecule has 0 aromatic heterocycles. The van der Waals surface area contributed by atoms with Crippen LogP contribution in [0.25, 0.3) is 0 Å². The second-order valence-electron chi connectivity index (χ2n) is 6.45. The van der Waals surface area contributed by atoms with Crippen LogP contribution >= 0.6 is 11.6 Å². The van der Waals surface area contributed by atoms with E-state index in [1.807, 2.05) is 26.0 Å². The molecule has 140 valence electrons. The van der Waals surface area contributed by atoms with Crippen LogP contribution in [0.3, 0.4) is 0 Å². The fourth-order valence-electron chi connectivity index (χ4n) is 3.14. The van der Waals surface area contributed by atoms with Crippen molar-refractivity contribution in [1.82, 2.24) is 5.32 Å². The first-order valence-electron chi connectivity index (χ1n) is 9.09. The van der Waals surface area contributed by atoms with Crippen molar-refractivity contribution in [3.05, 3.63) is 22.7 Å². The third-order valence-corrected chi connectivity index (χ3v) is 4.77. The molecule has 0 atom stereocenters. The molecule has 0 saturated heterocycles. The fourth-order valence-corrected chi connectivity index (χ4v) is 3.43. The molecule has 1 aromatic rings. The van der Waals surface area contributed by atoms with Crippen LogP contribution in [-0.2, 0) is 11.3 Å². The lowest BCUT2D eigenvalue weighted by atomic mass is 9.86. The summed E-state index contributed by atoms with van der Waals surface area (Å²) >= 11 is 6.38. The number of benzene rings is 1. The first-order valence-corrected chi connectivity index (χ1v) is 9.47. The number of hydrogen-bond acceptors (Lipinski definition) is 4. The zero-order chi connectivity index (χ0) is 18.2. The standard InChI is InChI=1S/C19H28ClNO4/c1-3-9-25-18-16(20)10-13(11-17(18)24-4-2)12-21-15-7-5-14(6-8-15)19(22)23/h10-11,14-15,21H,3-9,12H2,1-2H3,(H,22,23). The maximum atomic E-state index is 11.0. The molecule has 0 amide bonds. The monoisotopic (exact) mass is 369 g/mol. The average Bonchev–Trinajstić information content (AvgIpc) is 2.60. The maximum absolute atomic E-state index is 11.0. The molecule has 2 rings (SSSR count). The van der Waals surface area contributed by atoms with E-state index in [2.05, 4.69) is 5.32 Å². The summed E-state index contributed by atoms with van der Waals surface area (Å²) in [6, 6.07) is 4.22. The van der Waals surface area contributed by atoms with Gasteiger partial charge in [0.2, 0.25) is 0 Å². The largest absolute Gasteiger partial charge is 0.490 e. The lowest BCUT2D eigenvalue weighted by Crippen LogP contribution is -2.34. The van der Waals surface area contributed by atoms with Gasteiger partial charge in [-0.1, -0.05) is 18.5 Å². The number of carboxylic acids is 1. The summed E-state index contributed by atoms with van der Waals surface area (Å²) in [7, 11) is 0. The highest BCUT2D eigenvalue weighted by molar-refractivity contribution is 6.32. The van der Waals surface area contributed by atoms with Crippen molar-refractivity contribution >= 4 is 17.6 Å². The minimum absolute atomic E-state index is 0.188. The van der Waals surface area contributed by atoms with Crippen molar-refractivity contribution in [1.29, 1.82) is 0 Å². The molecule has 0 aliphatic heterocycles. The normalized spacial score (nSPS) is 20.3. The van der Waals surface area contributed by atoms with Gasteiger partial charge < -0.3 is 19.9 Å². The van der Waals surface area contributed by atoms with E-state index < -0.39 is 5.97 Å². The highest BCUT2D eigenvalue weighted by atomic mass is 35.5. The summed E-state index contributed by atoms with van der Waals surface area (Å²) in [5, 5.41) is 13.1. The quantitative estimate of drug-likeness (QED) is 0.680. The molecule has 2 N–H and O–H groups in total. The number of ether oxygens (including phenoxy) is 2. The molecule has 0 unspecified atom stereocenters. The SMILES string of the molecule is CCCOc1c(Cl)cc(CNC2CCC(C(=O)O)CC2)cc1OCC. The predicted octanol–water partition coefficient (Wildman–Crippen LogP) is 4.26. The van der Waals surface area contributed by atoms with Crippen LogP contribution in [0.5, 0.6) is 11.5 Å². The van der Waals surface area contributed by atoms with Crippen molar-refractivity contribution in [2.75, 3.05) is 13.2 Å². The zero-order valence-electron chi connectivity index (χ0n) is 15.0. The predicted molar refractivity (Wildman–Crippen MR) is 98.6 cm³/mol. The number of nitrogens with one attached hydrogen (secondary N) is 1. The molecular weight excluding hydrogens is 342 g/mol. The molecule has 1 aromatic carbocycles. The number of rotatable bonds is 9. The molecule has 0 bridgehead atoms. The summed E-state index contributed by atoms with van der Waals surface area (Å²) in [4.78, 5) is 11.0. The van der Waals surface area contributed by atoms with Crippen LogP contribution in [-0.4, -0.2) is 30.3 Å². The number of carbonyl (C=O) groups is 1. The number of aliphatic carboxylic acids is 1. The van der Waals surface area contributed by atoms with Crippen LogP contribution in [0, 0.1) is 5.92 Å². The van der Waals surface area contributed by atoms with Gasteiger partial charge in [-0.05, 0) is 56.7 Å². The van der Waals surface area contributed by atoms with Crippen molar-refractivity contribution in [3.63, 3.8) is 0 Å². The summed E-state index contributed by atoms with van der Waals surface area (Å²) in [5.74, 6) is 0.423. The average molecular weight is 370 g/mol. The van der Waals surface area contributed by atoms with Gasteiger partial charge in [-0.2, -0.15) is 0 Å². The van der Waals surface area contributed by atoms with Crippen LogP contribution in [0.2, 0.25) is 5.02 Å². The number of hydrogen-bond donors (Lipinski definition) is 2. The van der Waals surface area contributed by atoms with E-state index in [9.17, 15) is 4.79 Å². The third kappa shape index (κ3) is 5.79. The third-order valence-electron chi connectivity index (χ3n) is 4.49. The van der Waals surface area contributed by atoms with Crippen LogP contribution in [0.1, 0.15) is 51.5 Å². The Morgan fingerprint density at radius 2 is 1.96 bits per heavy atom. The van der Waals surface area contributed by atoms with E-state index in [4.69, 9.17) is 26.2 Å². The molecule has 0 radical (unpaired) electrons. The molecule has 1 saturated carbocycles. The van der Waals surface area contributed by atoms with Gasteiger partial charge in [-0.15, -0.1) is 0 Å². The fraction of sp³-hybridized carbons (Fsp3) is 0.632. The number of carboxylic acid groups (broad SMARTS) is 1. The maximum Gasteiger partial charge on any atom is 0.306 e. The van der Waals surface area contributed by atoms with Gasteiger partial charge in [0.15, 0.2) is 11.5 Å². The van der Waals surface area contributed by atoms with Crippen molar-refractivity contribution in [3.8, 4) is 11.5 Å². The van der Waals surface area contributed by atoms with Gasteiger partial charge >= 0.3 is 5.97 Å². The van der Waals surface area contributed by atoms with Gasteiger partial charge in [-0.3, -0.25) is 4.79 Å².